The molecule has 0 saturated heterocycles. The van der Waals surface area contributed by atoms with E-state index in [0.717, 1.165) is 99.7 Å². The van der Waals surface area contributed by atoms with Gasteiger partial charge in [-0.1, -0.05) is 93.6 Å². The van der Waals surface area contributed by atoms with Crippen molar-refractivity contribution in [3.63, 3.8) is 0 Å². The van der Waals surface area contributed by atoms with Gasteiger partial charge in [-0.25, -0.2) is 19.9 Å². The van der Waals surface area contributed by atoms with E-state index in [-0.39, 0.29) is 11.2 Å². The number of aliphatic hydroxyl groups is 1. The normalized spacial score (nSPS) is 10.7. The number of rotatable bonds is 20. The number of benzene rings is 8. The summed E-state index contributed by atoms with van der Waals surface area (Å²) in [4.78, 5) is 51.5. The molecule has 8 aromatic carbocycles. The second-order valence-electron chi connectivity index (χ2n) is 24.8. The zero-order valence-corrected chi connectivity index (χ0v) is 60.8. The van der Waals surface area contributed by atoms with Gasteiger partial charge in [-0.05, 0) is 132 Å². The molecule has 0 unspecified atom stereocenters. The zero-order chi connectivity index (χ0) is 70.0. The van der Waals surface area contributed by atoms with Crippen LogP contribution >= 0.6 is 45.3 Å². The van der Waals surface area contributed by atoms with E-state index < -0.39 is 12.5 Å². The maximum Gasteiger partial charge on any atom is 0.248 e. The van der Waals surface area contributed by atoms with Crippen LogP contribution in [0.3, 0.4) is 0 Å². The summed E-state index contributed by atoms with van der Waals surface area (Å²) >= 11 is 6.31. The average molecular weight is 1380 g/mol. The number of carbonyl (C=O) groups excluding carboxylic acids is 2. The number of nitrogens with zero attached hydrogens (tertiary/aromatic N) is 9. The maximum absolute atomic E-state index is 11.5. The number of ketones is 1. The molecule has 12 rings (SSSR count). The van der Waals surface area contributed by atoms with E-state index in [4.69, 9.17) is 20.8 Å². The number of primary amides is 1. The van der Waals surface area contributed by atoms with E-state index in [9.17, 15) is 9.59 Å². The minimum Gasteiger partial charge on any atom is -0.388 e. The van der Waals surface area contributed by atoms with Gasteiger partial charge < -0.3 is 56.6 Å². The first-order chi connectivity index (χ1) is 46.9. The molecule has 0 atom stereocenters. The number of aliphatic hydroxyl groups excluding tert-OH is 1. The SMILES string of the molecule is CN(C)c1ccc(Nc2nc(-c3ccc(C(=O)CO)cc3)cs2)cc1.CN(C)c1ccc(Nc2nc(-c3ccc(C(C)(C)C)cc3)cs2)cc1.CN(C)c1ccc(Nc2nc(-c3ccc(C(N)=O)cc3)cs2)cc1.CN(C)c1ccc(Nc2nc(-c3ccc(N(C)C)cc3)cs2)cc1. The number of hydrogen-bond donors (Lipinski definition) is 6. The highest BCUT2D eigenvalue weighted by molar-refractivity contribution is 7.15. The third kappa shape index (κ3) is 20.3. The number of nitrogens with two attached hydrogens (primary N) is 1. The minimum absolute atomic E-state index is 0.173. The molecule has 98 heavy (non-hydrogen) atoms. The minimum atomic E-state index is -0.475. The van der Waals surface area contributed by atoms with Crippen molar-refractivity contribution >= 4 is 129 Å². The van der Waals surface area contributed by atoms with Crippen LogP contribution < -0.4 is 51.5 Å². The Labute approximate surface area is 591 Å². The molecule has 0 aliphatic carbocycles. The summed E-state index contributed by atoms with van der Waals surface area (Å²) in [6.07, 6.45) is 0. The molecule has 504 valence electrons. The molecular formula is C77H84N14O3S4. The molecule has 21 heteroatoms. The Morgan fingerprint density at radius 2 is 0.582 bits per heavy atom. The van der Waals surface area contributed by atoms with E-state index >= 15 is 0 Å². The first kappa shape index (κ1) is 71.9. The second-order valence-corrected chi connectivity index (χ2v) is 28.2. The van der Waals surface area contributed by atoms with Crippen molar-refractivity contribution in [3.05, 3.63) is 232 Å². The van der Waals surface area contributed by atoms with Crippen LogP contribution in [0.15, 0.2) is 216 Å². The van der Waals surface area contributed by atoms with E-state index in [2.05, 4.69) is 196 Å². The summed E-state index contributed by atoms with van der Waals surface area (Å²) in [6.45, 7) is 6.22. The van der Waals surface area contributed by atoms with Crippen molar-refractivity contribution in [2.24, 2.45) is 5.73 Å². The van der Waals surface area contributed by atoms with Gasteiger partial charge in [-0.15, -0.1) is 45.3 Å². The molecule has 0 bridgehead atoms. The summed E-state index contributed by atoms with van der Waals surface area (Å²) in [7, 11) is 20.3. The lowest BCUT2D eigenvalue weighted by atomic mass is 9.86. The predicted molar refractivity (Wildman–Crippen MR) is 419 cm³/mol. The highest BCUT2D eigenvalue weighted by atomic mass is 32.1. The lowest BCUT2D eigenvalue weighted by Gasteiger charge is -2.18. The molecular weight excluding hydrogens is 1300 g/mol. The van der Waals surface area contributed by atoms with Crippen molar-refractivity contribution in [2.75, 3.05) is 123 Å². The smallest absolute Gasteiger partial charge is 0.248 e. The van der Waals surface area contributed by atoms with Gasteiger partial charge in [0.05, 0.1) is 22.8 Å². The molecule has 0 aliphatic rings. The van der Waals surface area contributed by atoms with Gasteiger partial charge in [0.25, 0.3) is 0 Å². The average Bonchev–Trinajstić information content (AvgIpc) is 1.71. The second kappa shape index (κ2) is 33.5. The van der Waals surface area contributed by atoms with Crippen molar-refractivity contribution in [2.45, 2.75) is 26.2 Å². The molecule has 4 heterocycles. The van der Waals surface area contributed by atoms with Gasteiger partial charge in [-0.2, -0.15) is 0 Å². The predicted octanol–water partition coefficient (Wildman–Crippen LogP) is 18.1. The van der Waals surface area contributed by atoms with E-state index in [1.165, 1.54) is 45.3 Å². The maximum atomic E-state index is 11.5. The Kier molecular flexibility index (Phi) is 24.6. The van der Waals surface area contributed by atoms with Gasteiger partial charge in [0.1, 0.15) is 6.61 Å². The fourth-order valence-corrected chi connectivity index (χ4v) is 12.5. The fourth-order valence-electron chi connectivity index (χ4n) is 9.52. The monoisotopic (exact) mass is 1380 g/mol. The van der Waals surface area contributed by atoms with Crippen LogP contribution in [0.5, 0.6) is 0 Å². The Morgan fingerprint density at radius 3 is 0.806 bits per heavy atom. The van der Waals surface area contributed by atoms with Crippen molar-refractivity contribution < 1.29 is 14.7 Å². The van der Waals surface area contributed by atoms with Crippen LogP contribution in [0.1, 0.15) is 47.1 Å². The van der Waals surface area contributed by atoms with E-state index in [0.29, 0.717) is 11.1 Å². The molecule has 0 aliphatic heterocycles. The van der Waals surface area contributed by atoms with Crippen molar-refractivity contribution in [1.29, 1.82) is 0 Å². The molecule has 12 aromatic rings. The van der Waals surface area contributed by atoms with E-state index in [1.807, 2.05) is 142 Å². The van der Waals surface area contributed by atoms with Gasteiger partial charge in [-0.3, -0.25) is 9.59 Å². The summed E-state index contributed by atoms with van der Waals surface area (Å²) < 4.78 is 0. The fraction of sp³-hybridized carbons (Fsp3) is 0.195. The van der Waals surface area contributed by atoms with Gasteiger partial charge in [0, 0.05) is 177 Å². The summed E-state index contributed by atoms with van der Waals surface area (Å²) in [5.41, 5.74) is 25.6. The summed E-state index contributed by atoms with van der Waals surface area (Å²) in [6, 6.07) is 64.4. The number of carbonyl (C=O) groups is 2. The lowest BCUT2D eigenvalue weighted by Crippen LogP contribution is -2.10. The number of anilines is 13. The number of thiazole rings is 4. The number of aromatic nitrogens is 4. The molecule has 0 saturated carbocycles. The topological polar surface area (TPSA) is 196 Å². The van der Waals surface area contributed by atoms with Crippen LogP contribution in [0.25, 0.3) is 45.0 Å². The lowest BCUT2D eigenvalue weighted by molar-refractivity contribution is 0.0903. The van der Waals surface area contributed by atoms with Crippen LogP contribution in [0.2, 0.25) is 0 Å². The van der Waals surface area contributed by atoms with Crippen LogP contribution in [-0.2, 0) is 5.41 Å². The number of nitrogens with one attached hydrogen (secondary N) is 4. The third-order valence-electron chi connectivity index (χ3n) is 15.4. The standard InChI is InChI=1S/C21H25N3S.C19H22N4S.C19H19N3O2S.C18H18N4OS/c1-21(2,3)16-8-6-15(7-9-16)19-14-25-20(23-19)22-17-10-12-18(13-11-17)24(4)5;1-22(2)16-9-5-14(6-10-16)18-13-24-19(21-18)20-15-7-11-17(12-8-15)23(3)4;1-22(2)16-9-7-15(8-10-16)20-19-21-17(12-25-19)13-3-5-14(6-4-13)18(24)11-23;1-22(2)15-9-7-14(8-10-15)20-18-21-16(11-24-18)12-3-5-13(6-4-12)17(19)23/h6-14H,1-5H3,(H,22,23);5-13H,1-4H3,(H,20,21);3-10,12,23H,11H2,1-2H3,(H,20,21);3-11H,1-2H3,(H2,19,23)(H,20,21). The zero-order valence-electron chi connectivity index (χ0n) is 57.5. The Bertz CT molecular complexity index is 4460. The molecule has 17 nitrogen and oxygen atoms in total. The van der Waals surface area contributed by atoms with Crippen LogP contribution in [-0.4, -0.2) is 114 Å². The summed E-state index contributed by atoms with van der Waals surface area (Å²) in [5, 5.41) is 33.8. The molecule has 7 N–H and O–H groups in total. The van der Waals surface area contributed by atoms with E-state index in [1.54, 1.807) is 46.9 Å². The quantitative estimate of drug-likeness (QED) is 0.0394. The first-order valence-corrected chi connectivity index (χ1v) is 35.0. The molecule has 1 amide bonds. The highest BCUT2D eigenvalue weighted by Crippen LogP contribution is 2.34. The van der Waals surface area contributed by atoms with Gasteiger partial charge in [0.15, 0.2) is 26.3 Å². The van der Waals surface area contributed by atoms with Crippen molar-refractivity contribution in [1.82, 2.24) is 19.9 Å². The number of hydrogen-bond acceptors (Lipinski definition) is 20. The number of Topliss-reactive ketones (excluding diaryl/α,β-unsaturated/α-hetero) is 1. The Morgan fingerprint density at radius 1 is 0.357 bits per heavy atom. The van der Waals surface area contributed by atoms with Crippen LogP contribution in [0, 0.1) is 0 Å². The van der Waals surface area contributed by atoms with Gasteiger partial charge >= 0.3 is 0 Å². The highest BCUT2D eigenvalue weighted by Gasteiger charge is 2.15. The molecule has 0 spiro atoms. The molecule has 0 radical (unpaired) electrons. The molecule has 0 fully saturated rings. The van der Waals surface area contributed by atoms with Crippen molar-refractivity contribution in [3.8, 4) is 45.0 Å². The largest absolute Gasteiger partial charge is 0.388 e. The third-order valence-corrected chi connectivity index (χ3v) is 18.4. The Hall–Kier alpha value is -10.4. The first-order valence-electron chi connectivity index (χ1n) is 31.5. The Balaban J connectivity index is 0.000000153. The van der Waals surface area contributed by atoms with Gasteiger partial charge in [0.2, 0.25) is 5.91 Å². The molecule has 4 aromatic heterocycles. The number of amides is 1. The summed E-state index contributed by atoms with van der Waals surface area (Å²) in [5.74, 6) is -0.711. The van der Waals surface area contributed by atoms with Crippen LogP contribution in [0.4, 0.5) is 71.7 Å².